The zero-order valence-corrected chi connectivity index (χ0v) is 18.8. The van der Waals surface area contributed by atoms with Crippen LogP contribution in [-0.2, 0) is 6.54 Å². The third-order valence-electron chi connectivity index (χ3n) is 5.85. The van der Waals surface area contributed by atoms with E-state index < -0.39 is 0 Å². The second-order valence-corrected chi connectivity index (χ2v) is 8.76. The van der Waals surface area contributed by atoms with Gasteiger partial charge in [-0.1, -0.05) is 70.5 Å². The van der Waals surface area contributed by atoms with Gasteiger partial charge >= 0.3 is 0 Å². The van der Waals surface area contributed by atoms with Crippen molar-refractivity contribution in [3.63, 3.8) is 0 Å². The lowest BCUT2D eigenvalue weighted by Gasteiger charge is -2.17. The van der Waals surface area contributed by atoms with E-state index in [0.717, 1.165) is 41.3 Å². The van der Waals surface area contributed by atoms with Gasteiger partial charge in [0.1, 0.15) is 5.75 Å². The van der Waals surface area contributed by atoms with Crippen LogP contribution in [0, 0.1) is 5.92 Å². The number of hydrogen-bond acceptors (Lipinski definition) is 3. The van der Waals surface area contributed by atoms with Crippen LogP contribution in [0.15, 0.2) is 65.1 Å². The number of methoxy groups -OCH3 is 1. The van der Waals surface area contributed by atoms with E-state index in [2.05, 4.69) is 56.5 Å². The molecule has 1 saturated heterocycles. The third-order valence-corrected chi connectivity index (χ3v) is 6.51. The Bertz CT molecular complexity index is 1020. The van der Waals surface area contributed by atoms with Gasteiger partial charge in [0, 0.05) is 29.5 Å². The van der Waals surface area contributed by atoms with E-state index in [-0.39, 0.29) is 5.91 Å². The van der Waals surface area contributed by atoms with Crippen LogP contribution in [0.25, 0.3) is 10.8 Å². The van der Waals surface area contributed by atoms with Crippen LogP contribution in [0.4, 0.5) is 0 Å². The fourth-order valence-corrected chi connectivity index (χ4v) is 4.89. The molecule has 1 N–H and O–H groups in total. The second-order valence-electron chi connectivity index (χ2n) is 7.90. The molecule has 0 saturated carbocycles. The first-order valence-corrected chi connectivity index (χ1v) is 11.2. The zero-order chi connectivity index (χ0) is 20.9. The van der Waals surface area contributed by atoms with Gasteiger partial charge in [-0.2, -0.15) is 0 Å². The molecule has 5 heteroatoms. The summed E-state index contributed by atoms with van der Waals surface area (Å²) >= 11 is 3.59. The number of hydrogen-bond donors (Lipinski definition) is 1. The normalized spacial score (nSPS) is 16.7. The predicted octanol–water partition coefficient (Wildman–Crippen LogP) is 5.25. The van der Waals surface area contributed by atoms with E-state index >= 15 is 0 Å². The van der Waals surface area contributed by atoms with Crippen molar-refractivity contribution in [1.82, 2.24) is 10.2 Å². The molecule has 1 aliphatic heterocycles. The number of carbonyl (C=O) groups is 1. The van der Waals surface area contributed by atoms with Gasteiger partial charge in [0.15, 0.2) is 0 Å². The number of halogens is 1. The van der Waals surface area contributed by atoms with E-state index in [1.54, 1.807) is 7.11 Å². The Hall–Kier alpha value is -2.37. The molecule has 0 unspecified atom stereocenters. The number of benzene rings is 3. The Balaban J connectivity index is 1.33. The molecule has 156 valence electrons. The first-order chi connectivity index (χ1) is 14.7. The number of fused-ring (bicyclic) bond motifs is 1. The SMILES string of the molecule is COc1c(C(=O)NCC[C@H]2CCN(Cc3ccccc3)C2)cc(Br)c2ccccc12. The number of ether oxygens (including phenoxy) is 1. The van der Waals surface area contributed by atoms with Crippen LogP contribution in [0.2, 0.25) is 0 Å². The predicted molar refractivity (Wildman–Crippen MR) is 125 cm³/mol. The molecule has 4 rings (SSSR count). The second kappa shape index (κ2) is 9.63. The van der Waals surface area contributed by atoms with Crippen molar-refractivity contribution < 1.29 is 9.53 Å². The summed E-state index contributed by atoms with van der Waals surface area (Å²) in [7, 11) is 1.62. The van der Waals surface area contributed by atoms with Gasteiger partial charge in [0.05, 0.1) is 12.7 Å². The molecular weight excluding hydrogens is 440 g/mol. The van der Waals surface area contributed by atoms with Crippen molar-refractivity contribution in [1.29, 1.82) is 0 Å². The summed E-state index contributed by atoms with van der Waals surface area (Å²) in [6.07, 6.45) is 2.18. The summed E-state index contributed by atoms with van der Waals surface area (Å²) in [5, 5.41) is 5.07. The summed E-state index contributed by atoms with van der Waals surface area (Å²) in [4.78, 5) is 15.4. The van der Waals surface area contributed by atoms with E-state index in [4.69, 9.17) is 4.74 Å². The van der Waals surface area contributed by atoms with Gasteiger partial charge in [-0.05, 0) is 42.3 Å². The highest BCUT2D eigenvalue weighted by Gasteiger charge is 2.23. The number of carbonyl (C=O) groups excluding carboxylic acids is 1. The Morgan fingerprint density at radius 1 is 1.13 bits per heavy atom. The molecule has 1 aliphatic rings. The van der Waals surface area contributed by atoms with Crippen LogP contribution in [-0.4, -0.2) is 37.6 Å². The molecule has 0 aliphatic carbocycles. The minimum absolute atomic E-state index is 0.0857. The van der Waals surface area contributed by atoms with E-state index in [9.17, 15) is 4.79 Å². The molecule has 0 spiro atoms. The smallest absolute Gasteiger partial charge is 0.255 e. The highest BCUT2D eigenvalue weighted by Crippen LogP contribution is 2.35. The lowest BCUT2D eigenvalue weighted by Crippen LogP contribution is -2.27. The third kappa shape index (κ3) is 4.68. The van der Waals surface area contributed by atoms with Gasteiger partial charge in [-0.3, -0.25) is 9.69 Å². The molecule has 0 aromatic heterocycles. The molecular formula is C25H27BrN2O2. The van der Waals surface area contributed by atoms with E-state index in [1.165, 1.54) is 12.0 Å². The number of nitrogens with one attached hydrogen (secondary N) is 1. The van der Waals surface area contributed by atoms with Crippen LogP contribution in [0.3, 0.4) is 0 Å². The maximum atomic E-state index is 12.9. The van der Waals surface area contributed by atoms with Crippen molar-refractivity contribution in [2.75, 3.05) is 26.7 Å². The van der Waals surface area contributed by atoms with Crippen molar-refractivity contribution in [3.8, 4) is 5.75 Å². The maximum absolute atomic E-state index is 12.9. The zero-order valence-electron chi connectivity index (χ0n) is 17.2. The fraction of sp³-hybridized carbons (Fsp3) is 0.320. The van der Waals surface area contributed by atoms with Gasteiger partial charge in [-0.25, -0.2) is 0 Å². The molecule has 4 nitrogen and oxygen atoms in total. The monoisotopic (exact) mass is 466 g/mol. The van der Waals surface area contributed by atoms with Crippen molar-refractivity contribution in [2.24, 2.45) is 5.92 Å². The van der Waals surface area contributed by atoms with Gasteiger partial charge < -0.3 is 10.1 Å². The highest BCUT2D eigenvalue weighted by atomic mass is 79.9. The van der Waals surface area contributed by atoms with Gasteiger partial charge in [0.25, 0.3) is 5.91 Å². The lowest BCUT2D eigenvalue weighted by molar-refractivity contribution is 0.0948. The minimum atomic E-state index is -0.0857. The number of nitrogens with zero attached hydrogens (tertiary/aromatic N) is 1. The average Bonchev–Trinajstić information content (AvgIpc) is 3.21. The standard InChI is InChI=1S/C25H27BrN2O2/c1-30-24-21-10-6-5-9-20(21)23(26)15-22(24)25(29)27-13-11-19-12-14-28(17-19)16-18-7-3-2-4-8-18/h2-10,15,19H,11-14,16-17H2,1H3,(H,27,29)/t19-/m0/s1. The van der Waals surface area contributed by atoms with Crippen LogP contribution >= 0.6 is 15.9 Å². The summed E-state index contributed by atoms with van der Waals surface area (Å²) in [6.45, 7) is 3.90. The highest BCUT2D eigenvalue weighted by molar-refractivity contribution is 9.10. The first-order valence-electron chi connectivity index (χ1n) is 10.5. The molecule has 0 bridgehead atoms. The maximum Gasteiger partial charge on any atom is 0.255 e. The molecule has 3 aromatic rings. The topological polar surface area (TPSA) is 41.6 Å². The van der Waals surface area contributed by atoms with E-state index in [0.29, 0.717) is 23.8 Å². The lowest BCUT2D eigenvalue weighted by atomic mass is 10.0. The Morgan fingerprint density at radius 2 is 1.87 bits per heavy atom. The Labute approximate surface area is 186 Å². The molecule has 3 aromatic carbocycles. The Kier molecular flexibility index (Phi) is 6.70. The number of likely N-dealkylation sites (tertiary alicyclic amines) is 1. The molecule has 1 fully saturated rings. The Morgan fingerprint density at radius 3 is 2.63 bits per heavy atom. The molecule has 0 radical (unpaired) electrons. The van der Waals surface area contributed by atoms with Crippen LogP contribution in [0.5, 0.6) is 5.75 Å². The largest absolute Gasteiger partial charge is 0.495 e. The molecule has 30 heavy (non-hydrogen) atoms. The van der Waals surface area contributed by atoms with Crippen molar-refractivity contribution in [2.45, 2.75) is 19.4 Å². The summed E-state index contributed by atoms with van der Waals surface area (Å²) in [5.41, 5.74) is 1.93. The molecule has 1 heterocycles. The average molecular weight is 467 g/mol. The van der Waals surface area contributed by atoms with E-state index in [1.807, 2.05) is 30.3 Å². The van der Waals surface area contributed by atoms with Crippen molar-refractivity contribution >= 4 is 32.6 Å². The first kappa shape index (κ1) is 20.9. The number of rotatable bonds is 7. The number of amides is 1. The van der Waals surface area contributed by atoms with Crippen LogP contribution < -0.4 is 10.1 Å². The molecule has 1 atom stereocenters. The summed E-state index contributed by atoms with van der Waals surface area (Å²) in [5.74, 6) is 1.16. The van der Waals surface area contributed by atoms with Gasteiger partial charge in [-0.15, -0.1) is 0 Å². The van der Waals surface area contributed by atoms with Gasteiger partial charge in [0.2, 0.25) is 0 Å². The fourth-order valence-electron chi connectivity index (χ4n) is 4.31. The summed E-state index contributed by atoms with van der Waals surface area (Å²) in [6, 6.07) is 20.4. The molecule has 1 amide bonds. The summed E-state index contributed by atoms with van der Waals surface area (Å²) < 4.78 is 6.50. The van der Waals surface area contributed by atoms with Crippen LogP contribution in [0.1, 0.15) is 28.8 Å². The van der Waals surface area contributed by atoms with Crippen molar-refractivity contribution in [3.05, 3.63) is 76.3 Å². The minimum Gasteiger partial charge on any atom is -0.495 e. The quantitative estimate of drug-likeness (QED) is 0.516.